The highest BCUT2D eigenvalue weighted by molar-refractivity contribution is 5.81. The van der Waals surface area contributed by atoms with Crippen molar-refractivity contribution in [1.29, 1.82) is 0 Å². The quantitative estimate of drug-likeness (QED) is 0.775. The Morgan fingerprint density at radius 1 is 1.33 bits per heavy atom. The zero-order valence-electron chi connectivity index (χ0n) is 11.1. The van der Waals surface area contributed by atoms with Gasteiger partial charge in [-0.15, -0.1) is 0 Å². The van der Waals surface area contributed by atoms with Crippen molar-refractivity contribution in [3.8, 4) is 0 Å². The number of aliphatic hydroxyl groups excluding tert-OH is 1. The molecule has 0 fully saturated rings. The first kappa shape index (κ1) is 14.7. The van der Waals surface area contributed by atoms with Gasteiger partial charge in [-0.1, -0.05) is 31.2 Å². The predicted molar refractivity (Wildman–Crippen MR) is 72.2 cm³/mol. The van der Waals surface area contributed by atoms with Gasteiger partial charge in [0.05, 0.1) is 6.61 Å². The van der Waals surface area contributed by atoms with E-state index in [1.165, 1.54) is 11.1 Å². The van der Waals surface area contributed by atoms with Crippen LogP contribution in [0.2, 0.25) is 0 Å². The van der Waals surface area contributed by atoms with Crippen molar-refractivity contribution in [2.45, 2.75) is 25.8 Å². The minimum atomic E-state index is -0.808. The van der Waals surface area contributed by atoms with Crippen LogP contribution in [-0.4, -0.2) is 42.2 Å². The summed E-state index contributed by atoms with van der Waals surface area (Å²) < 4.78 is 0. The molecule has 1 amide bonds. The average molecular weight is 250 g/mol. The van der Waals surface area contributed by atoms with Gasteiger partial charge < -0.3 is 15.7 Å². The van der Waals surface area contributed by atoms with E-state index < -0.39 is 6.04 Å². The third-order valence-electron chi connectivity index (χ3n) is 3.06. The molecule has 1 aromatic carbocycles. The van der Waals surface area contributed by atoms with Crippen molar-refractivity contribution in [3.05, 3.63) is 35.4 Å². The molecule has 1 unspecified atom stereocenters. The number of hydrogen-bond acceptors (Lipinski definition) is 3. The van der Waals surface area contributed by atoms with E-state index in [1.54, 1.807) is 11.9 Å². The third-order valence-corrected chi connectivity index (χ3v) is 3.06. The van der Waals surface area contributed by atoms with Gasteiger partial charge in [0.1, 0.15) is 6.04 Å². The fraction of sp³-hybridized carbons (Fsp3) is 0.500. The van der Waals surface area contributed by atoms with Gasteiger partial charge in [-0.05, 0) is 24.0 Å². The van der Waals surface area contributed by atoms with Gasteiger partial charge in [-0.3, -0.25) is 4.79 Å². The SMILES string of the molecule is CCc1ccc(CCN(C)C(=O)C(N)CO)cc1. The fourth-order valence-electron chi connectivity index (χ4n) is 1.71. The zero-order chi connectivity index (χ0) is 13.5. The number of hydrogen-bond donors (Lipinski definition) is 2. The molecular formula is C14H22N2O2. The number of aliphatic hydroxyl groups is 1. The Balaban J connectivity index is 2.46. The molecule has 0 aliphatic rings. The van der Waals surface area contributed by atoms with Crippen LogP contribution in [-0.2, 0) is 17.6 Å². The maximum absolute atomic E-state index is 11.6. The molecule has 0 radical (unpaired) electrons. The van der Waals surface area contributed by atoms with Gasteiger partial charge in [0.2, 0.25) is 5.91 Å². The summed E-state index contributed by atoms with van der Waals surface area (Å²) in [4.78, 5) is 13.2. The normalized spacial score (nSPS) is 12.2. The lowest BCUT2D eigenvalue weighted by Gasteiger charge is -2.20. The third kappa shape index (κ3) is 4.13. The molecule has 0 aliphatic heterocycles. The summed E-state index contributed by atoms with van der Waals surface area (Å²) in [5.41, 5.74) is 7.99. The molecule has 0 saturated heterocycles. The van der Waals surface area contributed by atoms with E-state index >= 15 is 0 Å². The molecule has 0 saturated carbocycles. The van der Waals surface area contributed by atoms with Crippen LogP contribution in [0, 0.1) is 0 Å². The molecule has 100 valence electrons. The lowest BCUT2D eigenvalue weighted by atomic mass is 10.1. The highest BCUT2D eigenvalue weighted by Crippen LogP contribution is 2.06. The maximum atomic E-state index is 11.6. The molecule has 1 rings (SSSR count). The fourth-order valence-corrected chi connectivity index (χ4v) is 1.71. The standard InChI is InChI=1S/C14H22N2O2/c1-3-11-4-6-12(7-5-11)8-9-16(2)14(18)13(15)10-17/h4-7,13,17H,3,8-10,15H2,1-2H3. The lowest BCUT2D eigenvalue weighted by molar-refractivity contribution is -0.132. The molecule has 3 N–H and O–H groups in total. The first-order chi connectivity index (χ1) is 8.58. The number of rotatable bonds is 6. The number of amides is 1. The highest BCUT2D eigenvalue weighted by Gasteiger charge is 2.16. The van der Waals surface area contributed by atoms with Crippen molar-refractivity contribution in [2.75, 3.05) is 20.2 Å². The van der Waals surface area contributed by atoms with Crippen LogP contribution in [0.4, 0.5) is 0 Å². The van der Waals surface area contributed by atoms with Crippen LogP contribution >= 0.6 is 0 Å². The number of carbonyl (C=O) groups is 1. The second-order valence-electron chi connectivity index (χ2n) is 4.47. The van der Waals surface area contributed by atoms with Gasteiger partial charge in [-0.25, -0.2) is 0 Å². The van der Waals surface area contributed by atoms with Gasteiger partial charge in [-0.2, -0.15) is 0 Å². The Bertz CT molecular complexity index is 376. The van der Waals surface area contributed by atoms with E-state index in [0.29, 0.717) is 6.54 Å². The first-order valence-corrected chi connectivity index (χ1v) is 6.27. The van der Waals surface area contributed by atoms with Gasteiger partial charge in [0, 0.05) is 13.6 Å². The second kappa shape index (κ2) is 7.13. The summed E-state index contributed by atoms with van der Waals surface area (Å²) in [5.74, 6) is -0.220. The van der Waals surface area contributed by atoms with Crippen LogP contribution < -0.4 is 5.73 Å². The summed E-state index contributed by atoms with van der Waals surface area (Å²) in [6.07, 6.45) is 1.83. The Hall–Kier alpha value is -1.39. The van der Waals surface area contributed by atoms with Crippen LogP contribution in [0.15, 0.2) is 24.3 Å². The molecule has 0 aliphatic carbocycles. The van der Waals surface area contributed by atoms with Crippen molar-refractivity contribution in [1.82, 2.24) is 4.90 Å². The molecular weight excluding hydrogens is 228 g/mol. The van der Waals surface area contributed by atoms with Crippen LogP contribution in [0.5, 0.6) is 0 Å². The number of carbonyl (C=O) groups excluding carboxylic acids is 1. The number of aryl methyl sites for hydroxylation is 1. The number of nitrogens with two attached hydrogens (primary N) is 1. The van der Waals surface area contributed by atoms with E-state index in [2.05, 4.69) is 31.2 Å². The van der Waals surface area contributed by atoms with E-state index in [0.717, 1.165) is 12.8 Å². The molecule has 4 nitrogen and oxygen atoms in total. The van der Waals surface area contributed by atoms with Crippen molar-refractivity contribution in [3.63, 3.8) is 0 Å². The lowest BCUT2D eigenvalue weighted by Crippen LogP contribution is -2.44. The van der Waals surface area contributed by atoms with Gasteiger partial charge in [0.25, 0.3) is 0 Å². The summed E-state index contributed by atoms with van der Waals surface area (Å²) in [6, 6.07) is 7.58. The van der Waals surface area contributed by atoms with Gasteiger partial charge in [0.15, 0.2) is 0 Å². The Kier molecular flexibility index (Phi) is 5.82. The average Bonchev–Trinajstić information content (AvgIpc) is 2.43. The van der Waals surface area contributed by atoms with E-state index in [-0.39, 0.29) is 12.5 Å². The van der Waals surface area contributed by atoms with Crippen LogP contribution in [0.1, 0.15) is 18.1 Å². The van der Waals surface area contributed by atoms with E-state index in [4.69, 9.17) is 10.8 Å². The Morgan fingerprint density at radius 2 is 1.89 bits per heavy atom. The second-order valence-corrected chi connectivity index (χ2v) is 4.47. The zero-order valence-corrected chi connectivity index (χ0v) is 11.1. The molecule has 0 heterocycles. The largest absolute Gasteiger partial charge is 0.394 e. The molecule has 18 heavy (non-hydrogen) atoms. The van der Waals surface area contributed by atoms with Crippen molar-refractivity contribution < 1.29 is 9.90 Å². The smallest absolute Gasteiger partial charge is 0.241 e. The van der Waals surface area contributed by atoms with Crippen molar-refractivity contribution >= 4 is 5.91 Å². The van der Waals surface area contributed by atoms with Crippen molar-refractivity contribution in [2.24, 2.45) is 5.73 Å². The van der Waals surface area contributed by atoms with E-state index in [9.17, 15) is 4.79 Å². The summed E-state index contributed by atoms with van der Waals surface area (Å²) in [7, 11) is 1.71. The van der Waals surface area contributed by atoms with Crippen LogP contribution in [0.25, 0.3) is 0 Å². The molecule has 4 heteroatoms. The molecule has 0 aromatic heterocycles. The molecule has 1 aromatic rings. The summed E-state index contributed by atoms with van der Waals surface area (Å²) >= 11 is 0. The van der Waals surface area contributed by atoms with Gasteiger partial charge >= 0.3 is 0 Å². The van der Waals surface area contributed by atoms with Crippen LogP contribution in [0.3, 0.4) is 0 Å². The predicted octanol–water partition coefficient (Wildman–Crippen LogP) is 0.569. The minimum Gasteiger partial charge on any atom is -0.394 e. The number of likely N-dealkylation sites (N-methyl/N-ethyl adjacent to an activating group) is 1. The molecule has 1 atom stereocenters. The number of benzene rings is 1. The monoisotopic (exact) mass is 250 g/mol. The Labute approximate surface area is 108 Å². The molecule has 0 bridgehead atoms. The highest BCUT2D eigenvalue weighted by atomic mass is 16.3. The molecule has 0 spiro atoms. The maximum Gasteiger partial charge on any atom is 0.241 e. The first-order valence-electron chi connectivity index (χ1n) is 6.27. The summed E-state index contributed by atoms with van der Waals surface area (Å²) in [6.45, 7) is 2.42. The van der Waals surface area contributed by atoms with E-state index in [1.807, 2.05) is 0 Å². The number of nitrogens with zero attached hydrogens (tertiary/aromatic N) is 1. The summed E-state index contributed by atoms with van der Waals surface area (Å²) in [5, 5.41) is 8.82. The minimum absolute atomic E-state index is 0.220. The Morgan fingerprint density at radius 3 is 2.39 bits per heavy atom. The topological polar surface area (TPSA) is 66.6 Å².